The molecule has 86 valence electrons. The van der Waals surface area contributed by atoms with Gasteiger partial charge in [-0.25, -0.2) is 0 Å². The van der Waals surface area contributed by atoms with Gasteiger partial charge >= 0.3 is 5.97 Å². The van der Waals surface area contributed by atoms with Crippen molar-refractivity contribution in [2.45, 2.75) is 20.3 Å². The smallest absolute Gasteiger partial charge is 0.316 e. The van der Waals surface area contributed by atoms with Crippen LogP contribution in [0.5, 0.6) is 0 Å². The third kappa shape index (κ3) is 2.89. The number of hydrogen-bond acceptors (Lipinski definition) is 4. The molecule has 1 aromatic heterocycles. The van der Waals surface area contributed by atoms with Crippen LogP contribution >= 0.6 is 0 Å². The third-order valence-corrected chi connectivity index (χ3v) is 2.24. The molecule has 0 saturated heterocycles. The standard InChI is InChI=1S/C12H15NO3/c1-3-10(12(15)16-4-2)11(14)9-6-5-7-13-8-9/h5-8,10H,3-4H2,1-2H3. The molecule has 0 fully saturated rings. The molecule has 0 N–H and O–H groups in total. The van der Waals surface area contributed by atoms with Gasteiger partial charge in [-0.3, -0.25) is 14.6 Å². The summed E-state index contributed by atoms with van der Waals surface area (Å²) in [5.41, 5.74) is 0.447. The van der Waals surface area contributed by atoms with Gasteiger partial charge in [-0.2, -0.15) is 0 Å². The molecule has 1 unspecified atom stereocenters. The second-order valence-electron chi connectivity index (χ2n) is 3.32. The van der Waals surface area contributed by atoms with E-state index in [1.165, 1.54) is 6.20 Å². The van der Waals surface area contributed by atoms with Crippen LogP contribution in [-0.2, 0) is 9.53 Å². The average molecular weight is 221 g/mol. The molecule has 1 heterocycles. The summed E-state index contributed by atoms with van der Waals surface area (Å²) in [5.74, 6) is -1.41. The summed E-state index contributed by atoms with van der Waals surface area (Å²) in [7, 11) is 0. The van der Waals surface area contributed by atoms with Crippen molar-refractivity contribution >= 4 is 11.8 Å². The molecular weight excluding hydrogens is 206 g/mol. The predicted molar refractivity (Wildman–Crippen MR) is 59.0 cm³/mol. The summed E-state index contributed by atoms with van der Waals surface area (Å²) >= 11 is 0. The van der Waals surface area contributed by atoms with Crippen molar-refractivity contribution in [2.75, 3.05) is 6.61 Å². The zero-order chi connectivity index (χ0) is 12.0. The Morgan fingerprint density at radius 3 is 2.69 bits per heavy atom. The van der Waals surface area contributed by atoms with Gasteiger partial charge in [0.25, 0.3) is 0 Å². The molecule has 1 rings (SSSR count). The first-order valence-corrected chi connectivity index (χ1v) is 5.31. The summed E-state index contributed by atoms with van der Waals surface area (Å²) in [6.07, 6.45) is 3.48. The van der Waals surface area contributed by atoms with Gasteiger partial charge < -0.3 is 4.74 Å². The van der Waals surface area contributed by atoms with Crippen molar-refractivity contribution in [1.82, 2.24) is 4.98 Å². The number of ether oxygens (including phenoxy) is 1. The highest BCUT2D eigenvalue weighted by molar-refractivity contribution is 6.08. The predicted octanol–water partition coefficient (Wildman–Crippen LogP) is 1.85. The van der Waals surface area contributed by atoms with Crippen molar-refractivity contribution in [3.8, 4) is 0 Å². The number of carbonyl (C=O) groups is 2. The van der Waals surface area contributed by atoms with Crippen molar-refractivity contribution < 1.29 is 14.3 Å². The third-order valence-electron chi connectivity index (χ3n) is 2.24. The molecule has 1 atom stereocenters. The van der Waals surface area contributed by atoms with Gasteiger partial charge in [-0.15, -0.1) is 0 Å². The zero-order valence-corrected chi connectivity index (χ0v) is 9.47. The molecule has 0 bridgehead atoms. The highest BCUT2D eigenvalue weighted by Gasteiger charge is 2.26. The lowest BCUT2D eigenvalue weighted by atomic mass is 9.96. The number of Topliss-reactive ketones (excluding diaryl/α,β-unsaturated/α-hetero) is 1. The Labute approximate surface area is 94.6 Å². The lowest BCUT2D eigenvalue weighted by molar-refractivity contribution is -0.146. The maximum Gasteiger partial charge on any atom is 0.316 e. The van der Waals surface area contributed by atoms with E-state index in [1.54, 1.807) is 32.2 Å². The van der Waals surface area contributed by atoms with E-state index >= 15 is 0 Å². The van der Waals surface area contributed by atoms with Crippen LogP contribution in [0.2, 0.25) is 0 Å². The molecule has 0 spiro atoms. The lowest BCUT2D eigenvalue weighted by Crippen LogP contribution is -2.25. The van der Waals surface area contributed by atoms with Gasteiger partial charge in [-0.05, 0) is 25.5 Å². The quantitative estimate of drug-likeness (QED) is 0.432. The molecular formula is C12H15NO3. The monoisotopic (exact) mass is 221 g/mol. The minimum Gasteiger partial charge on any atom is -0.465 e. The van der Waals surface area contributed by atoms with Crippen molar-refractivity contribution in [2.24, 2.45) is 5.92 Å². The van der Waals surface area contributed by atoms with Crippen LogP contribution in [0.15, 0.2) is 24.5 Å². The average Bonchev–Trinajstić information content (AvgIpc) is 2.31. The Hall–Kier alpha value is -1.71. The Balaban J connectivity index is 2.82. The fraction of sp³-hybridized carbons (Fsp3) is 0.417. The second kappa shape index (κ2) is 6.00. The summed E-state index contributed by atoms with van der Waals surface area (Å²) < 4.78 is 4.86. The highest BCUT2D eigenvalue weighted by atomic mass is 16.5. The molecule has 4 nitrogen and oxygen atoms in total. The molecule has 0 amide bonds. The van der Waals surface area contributed by atoms with Crippen LogP contribution in [0, 0.1) is 5.92 Å². The van der Waals surface area contributed by atoms with E-state index in [-0.39, 0.29) is 12.4 Å². The van der Waals surface area contributed by atoms with Crippen LogP contribution in [0.3, 0.4) is 0 Å². The highest BCUT2D eigenvalue weighted by Crippen LogP contribution is 2.13. The molecule has 0 aliphatic heterocycles. The molecule has 0 radical (unpaired) electrons. The first kappa shape index (κ1) is 12.4. The van der Waals surface area contributed by atoms with E-state index in [4.69, 9.17) is 4.74 Å². The van der Waals surface area contributed by atoms with Gasteiger partial charge in [-0.1, -0.05) is 6.92 Å². The second-order valence-corrected chi connectivity index (χ2v) is 3.32. The number of nitrogens with zero attached hydrogens (tertiary/aromatic N) is 1. The van der Waals surface area contributed by atoms with Crippen molar-refractivity contribution in [3.05, 3.63) is 30.1 Å². The summed E-state index contributed by atoms with van der Waals surface area (Å²) in [5, 5.41) is 0. The Kier molecular flexibility index (Phi) is 4.64. The van der Waals surface area contributed by atoms with Crippen LogP contribution in [0.4, 0.5) is 0 Å². The molecule has 0 aliphatic rings. The maximum absolute atomic E-state index is 12.0. The number of rotatable bonds is 5. The van der Waals surface area contributed by atoms with Crippen molar-refractivity contribution in [3.63, 3.8) is 0 Å². The lowest BCUT2D eigenvalue weighted by Gasteiger charge is -2.11. The number of hydrogen-bond donors (Lipinski definition) is 0. The Morgan fingerprint density at radius 2 is 2.19 bits per heavy atom. The normalized spacial score (nSPS) is 11.9. The van der Waals surface area contributed by atoms with Gasteiger partial charge in [0.1, 0.15) is 5.92 Å². The maximum atomic E-state index is 12.0. The van der Waals surface area contributed by atoms with E-state index in [0.29, 0.717) is 12.0 Å². The molecule has 1 aromatic rings. The largest absolute Gasteiger partial charge is 0.465 e. The van der Waals surface area contributed by atoms with E-state index < -0.39 is 11.9 Å². The fourth-order valence-electron chi connectivity index (χ4n) is 1.41. The number of ketones is 1. The van der Waals surface area contributed by atoms with Crippen LogP contribution in [0.1, 0.15) is 30.6 Å². The van der Waals surface area contributed by atoms with Gasteiger partial charge in [0.05, 0.1) is 6.61 Å². The van der Waals surface area contributed by atoms with Gasteiger partial charge in [0, 0.05) is 18.0 Å². The van der Waals surface area contributed by atoms with Crippen LogP contribution in [-0.4, -0.2) is 23.3 Å². The van der Waals surface area contributed by atoms with Gasteiger partial charge in [0.15, 0.2) is 5.78 Å². The number of carbonyl (C=O) groups excluding carboxylic acids is 2. The SMILES string of the molecule is CCOC(=O)C(CC)C(=O)c1cccnc1. The number of aromatic nitrogens is 1. The van der Waals surface area contributed by atoms with Crippen molar-refractivity contribution in [1.29, 1.82) is 0 Å². The van der Waals surface area contributed by atoms with Crippen LogP contribution in [0.25, 0.3) is 0 Å². The summed E-state index contributed by atoms with van der Waals surface area (Å²) in [6.45, 7) is 3.80. The minimum absolute atomic E-state index is 0.228. The molecule has 4 heteroatoms. The summed E-state index contributed by atoms with van der Waals surface area (Å²) in [6, 6.07) is 3.32. The Morgan fingerprint density at radius 1 is 1.44 bits per heavy atom. The zero-order valence-electron chi connectivity index (χ0n) is 9.47. The van der Waals surface area contributed by atoms with E-state index in [1.807, 2.05) is 0 Å². The Bertz CT molecular complexity index is 362. The molecule has 0 aromatic carbocycles. The van der Waals surface area contributed by atoms with Gasteiger partial charge in [0.2, 0.25) is 0 Å². The molecule has 0 aliphatic carbocycles. The topological polar surface area (TPSA) is 56.3 Å². The summed E-state index contributed by atoms with van der Waals surface area (Å²) in [4.78, 5) is 27.3. The number of pyridine rings is 1. The van der Waals surface area contributed by atoms with E-state index in [9.17, 15) is 9.59 Å². The first-order chi connectivity index (χ1) is 7.70. The first-order valence-electron chi connectivity index (χ1n) is 5.31. The van der Waals surface area contributed by atoms with E-state index in [2.05, 4.69) is 4.98 Å². The van der Waals surface area contributed by atoms with E-state index in [0.717, 1.165) is 0 Å². The fourth-order valence-corrected chi connectivity index (χ4v) is 1.41. The van der Waals surface area contributed by atoms with Crippen LogP contribution < -0.4 is 0 Å². The molecule has 16 heavy (non-hydrogen) atoms. The molecule has 0 saturated carbocycles. The number of esters is 1. The minimum atomic E-state index is -0.718.